The first-order valence-corrected chi connectivity index (χ1v) is 8.87. The SMILES string of the molecule is Cc1ccc(C(N)C(=O)NCC(C)(C)c2ccc3c(c2)OCCO3)cc1. The topological polar surface area (TPSA) is 73.6 Å². The molecule has 5 nitrogen and oxygen atoms in total. The van der Waals surface area contributed by atoms with Crippen LogP contribution in [0.4, 0.5) is 0 Å². The molecule has 1 amide bonds. The zero-order chi connectivity index (χ0) is 18.7. The molecule has 0 aliphatic carbocycles. The van der Waals surface area contributed by atoms with Gasteiger partial charge in [-0.3, -0.25) is 4.79 Å². The number of nitrogens with one attached hydrogen (secondary N) is 1. The van der Waals surface area contributed by atoms with E-state index in [4.69, 9.17) is 15.2 Å². The summed E-state index contributed by atoms with van der Waals surface area (Å²) in [5, 5.41) is 2.98. The molecule has 1 aliphatic rings. The molecule has 0 radical (unpaired) electrons. The normalized spacial score (nSPS) is 14.6. The van der Waals surface area contributed by atoms with Gasteiger partial charge in [-0.05, 0) is 30.2 Å². The first-order valence-electron chi connectivity index (χ1n) is 8.87. The van der Waals surface area contributed by atoms with Crippen LogP contribution in [0.25, 0.3) is 0 Å². The van der Waals surface area contributed by atoms with Crippen molar-refractivity contribution in [1.29, 1.82) is 0 Å². The Hall–Kier alpha value is -2.53. The number of carbonyl (C=O) groups excluding carboxylic acids is 1. The lowest BCUT2D eigenvalue weighted by Gasteiger charge is -2.28. The zero-order valence-electron chi connectivity index (χ0n) is 15.5. The van der Waals surface area contributed by atoms with Crippen molar-refractivity contribution in [2.24, 2.45) is 5.73 Å². The summed E-state index contributed by atoms with van der Waals surface area (Å²) in [6, 6.07) is 13.0. The summed E-state index contributed by atoms with van der Waals surface area (Å²) in [4.78, 5) is 12.5. The molecule has 5 heteroatoms. The molecule has 0 aromatic heterocycles. The molecule has 1 unspecified atom stereocenters. The average Bonchev–Trinajstić information content (AvgIpc) is 2.65. The Bertz CT molecular complexity index is 784. The Balaban J connectivity index is 1.65. The van der Waals surface area contributed by atoms with Crippen LogP contribution >= 0.6 is 0 Å². The molecule has 2 aromatic carbocycles. The van der Waals surface area contributed by atoms with Crippen LogP contribution < -0.4 is 20.5 Å². The third-order valence-electron chi connectivity index (χ3n) is 4.75. The summed E-state index contributed by atoms with van der Waals surface area (Å²) in [6.07, 6.45) is 0. The van der Waals surface area contributed by atoms with E-state index >= 15 is 0 Å². The zero-order valence-corrected chi connectivity index (χ0v) is 15.5. The van der Waals surface area contributed by atoms with Gasteiger partial charge in [0.25, 0.3) is 0 Å². The standard InChI is InChI=1S/C21H26N2O3/c1-14-4-6-15(7-5-14)19(22)20(24)23-13-21(2,3)16-8-9-17-18(12-16)26-11-10-25-17/h4-9,12,19H,10-11,13,22H2,1-3H3,(H,23,24). The highest BCUT2D eigenvalue weighted by molar-refractivity contribution is 5.83. The second-order valence-corrected chi connectivity index (χ2v) is 7.35. The molecule has 0 bridgehead atoms. The highest BCUT2D eigenvalue weighted by atomic mass is 16.6. The van der Waals surface area contributed by atoms with E-state index in [0.717, 1.165) is 28.2 Å². The van der Waals surface area contributed by atoms with Crippen molar-refractivity contribution in [2.75, 3.05) is 19.8 Å². The van der Waals surface area contributed by atoms with Crippen molar-refractivity contribution in [1.82, 2.24) is 5.32 Å². The molecule has 138 valence electrons. The summed E-state index contributed by atoms with van der Waals surface area (Å²) >= 11 is 0. The minimum Gasteiger partial charge on any atom is -0.486 e. The molecule has 26 heavy (non-hydrogen) atoms. The minimum absolute atomic E-state index is 0.181. The van der Waals surface area contributed by atoms with E-state index in [2.05, 4.69) is 19.2 Å². The Morgan fingerprint density at radius 1 is 1.12 bits per heavy atom. The fourth-order valence-electron chi connectivity index (χ4n) is 2.91. The van der Waals surface area contributed by atoms with Crippen LogP contribution in [0.15, 0.2) is 42.5 Å². The van der Waals surface area contributed by atoms with Gasteiger partial charge < -0.3 is 20.5 Å². The van der Waals surface area contributed by atoms with Gasteiger partial charge in [0, 0.05) is 12.0 Å². The van der Waals surface area contributed by atoms with Gasteiger partial charge in [-0.25, -0.2) is 0 Å². The lowest BCUT2D eigenvalue weighted by molar-refractivity contribution is -0.122. The molecule has 0 saturated carbocycles. The molecular weight excluding hydrogens is 328 g/mol. The molecule has 0 spiro atoms. The van der Waals surface area contributed by atoms with Crippen LogP contribution in [-0.2, 0) is 10.2 Å². The van der Waals surface area contributed by atoms with E-state index in [0.29, 0.717) is 19.8 Å². The van der Waals surface area contributed by atoms with Crippen molar-refractivity contribution in [3.63, 3.8) is 0 Å². The van der Waals surface area contributed by atoms with Gasteiger partial charge in [0.2, 0.25) is 5.91 Å². The first-order chi connectivity index (χ1) is 12.4. The monoisotopic (exact) mass is 354 g/mol. The predicted octanol–water partition coefficient (Wildman–Crippen LogP) is 2.86. The molecule has 1 aliphatic heterocycles. The van der Waals surface area contributed by atoms with Gasteiger partial charge in [-0.1, -0.05) is 49.7 Å². The fraction of sp³-hybridized carbons (Fsp3) is 0.381. The summed E-state index contributed by atoms with van der Waals surface area (Å²) in [6.45, 7) is 7.77. The van der Waals surface area contributed by atoms with Gasteiger partial charge in [0.1, 0.15) is 19.3 Å². The van der Waals surface area contributed by atoms with Crippen LogP contribution in [-0.4, -0.2) is 25.7 Å². The van der Waals surface area contributed by atoms with E-state index in [1.165, 1.54) is 0 Å². The lowest BCUT2D eigenvalue weighted by atomic mass is 9.84. The van der Waals surface area contributed by atoms with Gasteiger partial charge in [0.05, 0.1) is 0 Å². The van der Waals surface area contributed by atoms with Crippen molar-refractivity contribution in [2.45, 2.75) is 32.2 Å². The highest BCUT2D eigenvalue weighted by Gasteiger charge is 2.25. The fourth-order valence-corrected chi connectivity index (χ4v) is 2.91. The second kappa shape index (κ2) is 7.38. The van der Waals surface area contributed by atoms with Gasteiger partial charge in [0.15, 0.2) is 11.5 Å². The molecule has 1 atom stereocenters. The minimum atomic E-state index is -0.674. The number of hydrogen-bond acceptors (Lipinski definition) is 4. The largest absolute Gasteiger partial charge is 0.486 e. The van der Waals surface area contributed by atoms with Crippen LogP contribution in [0.1, 0.15) is 36.6 Å². The Morgan fingerprint density at radius 3 is 2.46 bits per heavy atom. The maximum atomic E-state index is 12.5. The maximum Gasteiger partial charge on any atom is 0.241 e. The Labute approximate surface area is 154 Å². The number of hydrogen-bond donors (Lipinski definition) is 2. The molecule has 1 heterocycles. The number of rotatable bonds is 5. The van der Waals surface area contributed by atoms with E-state index in [-0.39, 0.29) is 11.3 Å². The molecule has 3 rings (SSSR count). The Kier molecular flexibility index (Phi) is 5.18. The van der Waals surface area contributed by atoms with Gasteiger partial charge in [-0.15, -0.1) is 0 Å². The lowest BCUT2D eigenvalue weighted by Crippen LogP contribution is -2.41. The Morgan fingerprint density at radius 2 is 1.77 bits per heavy atom. The number of carbonyl (C=O) groups is 1. The summed E-state index contributed by atoms with van der Waals surface area (Å²) in [5.41, 5.74) is 8.86. The number of amides is 1. The number of aryl methyl sites for hydroxylation is 1. The van der Waals surface area contributed by atoms with E-state index in [9.17, 15) is 4.79 Å². The van der Waals surface area contributed by atoms with Gasteiger partial charge in [-0.2, -0.15) is 0 Å². The van der Waals surface area contributed by atoms with Gasteiger partial charge >= 0.3 is 0 Å². The number of benzene rings is 2. The summed E-state index contributed by atoms with van der Waals surface area (Å²) < 4.78 is 11.2. The van der Waals surface area contributed by atoms with E-state index in [1.54, 1.807) is 0 Å². The van der Waals surface area contributed by atoms with Crippen molar-refractivity contribution >= 4 is 5.91 Å². The molecule has 0 fully saturated rings. The van der Waals surface area contributed by atoms with Crippen LogP contribution in [0.2, 0.25) is 0 Å². The summed E-state index contributed by atoms with van der Waals surface area (Å²) in [7, 11) is 0. The van der Waals surface area contributed by atoms with Crippen LogP contribution in [0.3, 0.4) is 0 Å². The number of nitrogens with two attached hydrogens (primary N) is 1. The van der Waals surface area contributed by atoms with Crippen molar-refractivity contribution < 1.29 is 14.3 Å². The molecule has 0 saturated heterocycles. The molecule has 3 N–H and O–H groups in total. The second-order valence-electron chi connectivity index (χ2n) is 7.35. The van der Waals surface area contributed by atoms with Crippen molar-refractivity contribution in [3.8, 4) is 11.5 Å². The maximum absolute atomic E-state index is 12.5. The first kappa shape index (κ1) is 18.3. The average molecular weight is 354 g/mol. The third-order valence-corrected chi connectivity index (χ3v) is 4.75. The van der Waals surface area contributed by atoms with Crippen molar-refractivity contribution in [3.05, 3.63) is 59.2 Å². The van der Waals surface area contributed by atoms with Crippen LogP contribution in [0.5, 0.6) is 11.5 Å². The third kappa shape index (κ3) is 3.99. The quantitative estimate of drug-likeness (QED) is 0.866. The number of fused-ring (bicyclic) bond motifs is 1. The molecule has 2 aromatic rings. The van der Waals surface area contributed by atoms with Crippen LogP contribution in [0, 0.1) is 6.92 Å². The van der Waals surface area contributed by atoms with E-state index < -0.39 is 6.04 Å². The smallest absolute Gasteiger partial charge is 0.241 e. The highest BCUT2D eigenvalue weighted by Crippen LogP contribution is 2.35. The summed E-state index contributed by atoms with van der Waals surface area (Å²) in [5.74, 6) is 1.34. The number of ether oxygens (including phenoxy) is 2. The molecular formula is C21H26N2O3. The van der Waals surface area contributed by atoms with E-state index in [1.807, 2.05) is 49.4 Å². The predicted molar refractivity (Wildman–Crippen MR) is 102 cm³/mol.